The van der Waals surface area contributed by atoms with Gasteiger partial charge in [-0.1, -0.05) is 20.3 Å². The van der Waals surface area contributed by atoms with Crippen LogP contribution in [0.25, 0.3) is 0 Å². The van der Waals surface area contributed by atoms with E-state index in [2.05, 4.69) is 24.1 Å². The van der Waals surface area contributed by atoms with Crippen molar-refractivity contribution in [2.24, 2.45) is 5.92 Å². The third-order valence-electron chi connectivity index (χ3n) is 2.64. The van der Waals surface area contributed by atoms with Crippen molar-refractivity contribution in [3.8, 4) is 0 Å². The Morgan fingerprint density at radius 3 is 2.75 bits per heavy atom. The van der Waals surface area contributed by atoms with Crippen molar-refractivity contribution in [2.75, 3.05) is 11.9 Å². The normalized spacial score (nSPS) is 12.2. The summed E-state index contributed by atoms with van der Waals surface area (Å²) in [6.45, 7) is 6.86. The van der Waals surface area contributed by atoms with Crippen LogP contribution in [0.2, 0.25) is 0 Å². The number of nitrogens with one attached hydrogen (secondary N) is 1. The SMILES string of the molecule is CCC(C)CNc1ccc(C(=O)O)c(C)n1. The average molecular weight is 222 g/mol. The molecule has 1 unspecified atom stereocenters. The molecular weight excluding hydrogens is 204 g/mol. The number of aromatic nitrogens is 1. The van der Waals surface area contributed by atoms with Crippen LogP contribution in [0.4, 0.5) is 5.82 Å². The van der Waals surface area contributed by atoms with Gasteiger partial charge in [-0.15, -0.1) is 0 Å². The Morgan fingerprint density at radius 2 is 2.25 bits per heavy atom. The van der Waals surface area contributed by atoms with E-state index in [1.54, 1.807) is 19.1 Å². The highest BCUT2D eigenvalue weighted by atomic mass is 16.4. The van der Waals surface area contributed by atoms with Crippen LogP contribution < -0.4 is 5.32 Å². The fraction of sp³-hybridized carbons (Fsp3) is 0.500. The highest BCUT2D eigenvalue weighted by Gasteiger charge is 2.08. The van der Waals surface area contributed by atoms with Crippen LogP contribution in [0.3, 0.4) is 0 Å². The van der Waals surface area contributed by atoms with Gasteiger partial charge in [0.1, 0.15) is 5.82 Å². The molecule has 0 aromatic carbocycles. The molecule has 0 amide bonds. The molecule has 0 aliphatic rings. The Balaban J connectivity index is 2.70. The molecule has 16 heavy (non-hydrogen) atoms. The standard InChI is InChI=1S/C12H18N2O2/c1-4-8(2)7-13-11-6-5-10(12(15)16)9(3)14-11/h5-6,8H,4,7H2,1-3H3,(H,13,14)(H,15,16). The molecule has 4 nitrogen and oxygen atoms in total. The summed E-state index contributed by atoms with van der Waals surface area (Å²) in [5, 5.41) is 12.1. The second kappa shape index (κ2) is 5.49. The van der Waals surface area contributed by atoms with Crippen LogP contribution in [-0.2, 0) is 0 Å². The molecule has 0 saturated heterocycles. The summed E-state index contributed by atoms with van der Waals surface area (Å²) in [7, 11) is 0. The summed E-state index contributed by atoms with van der Waals surface area (Å²) in [5.74, 6) is 0.391. The number of carbonyl (C=O) groups is 1. The molecule has 1 heterocycles. The molecule has 4 heteroatoms. The van der Waals surface area contributed by atoms with E-state index in [0.717, 1.165) is 18.8 Å². The first-order chi connectivity index (χ1) is 7.54. The number of nitrogens with zero attached hydrogens (tertiary/aromatic N) is 1. The number of aromatic carboxylic acids is 1. The van der Waals surface area contributed by atoms with Gasteiger partial charge in [-0.05, 0) is 25.0 Å². The Morgan fingerprint density at radius 1 is 1.56 bits per heavy atom. The molecule has 0 aliphatic heterocycles. The summed E-state index contributed by atoms with van der Waals surface area (Å²) in [4.78, 5) is 15.0. The zero-order valence-corrected chi connectivity index (χ0v) is 9.95. The van der Waals surface area contributed by atoms with Crippen LogP contribution >= 0.6 is 0 Å². The minimum atomic E-state index is -0.932. The number of hydrogen-bond donors (Lipinski definition) is 2. The van der Waals surface area contributed by atoms with Gasteiger partial charge in [0.2, 0.25) is 0 Å². The maximum Gasteiger partial charge on any atom is 0.337 e. The molecule has 2 N–H and O–H groups in total. The first-order valence-electron chi connectivity index (χ1n) is 5.49. The van der Waals surface area contributed by atoms with E-state index < -0.39 is 5.97 Å². The first-order valence-corrected chi connectivity index (χ1v) is 5.49. The molecule has 88 valence electrons. The topological polar surface area (TPSA) is 62.2 Å². The minimum absolute atomic E-state index is 0.258. The Kier molecular flexibility index (Phi) is 4.28. The molecule has 1 aromatic rings. The van der Waals surface area contributed by atoms with Gasteiger partial charge in [0, 0.05) is 6.54 Å². The molecule has 0 radical (unpaired) electrons. The molecule has 0 saturated carbocycles. The van der Waals surface area contributed by atoms with E-state index >= 15 is 0 Å². The van der Waals surface area contributed by atoms with Crippen molar-refractivity contribution in [1.82, 2.24) is 4.98 Å². The predicted octanol–water partition coefficient (Wildman–Crippen LogP) is 2.55. The van der Waals surface area contributed by atoms with Gasteiger partial charge in [0.25, 0.3) is 0 Å². The van der Waals surface area contributed by atoms with Gasteiger partial charge in [0.15, 0.2) is 0 Å². The van der Waals surface area contributed by atoms with Gasteiger partial charge < -0.3 is 10.4 Å². The Hall–Kier alpha value is -1.58. The quantitative estimate of drug-likeness (QED) is 0.803. The van der Waals surface area contributed by atoms with Crippen LogP contribution in [-0.4, -0.2) is 22.6 Å². The van der Waals surface area contributed by atoms with Crippen LogP contribution in [0.5, 0.6) is 0 Å². The predicted molar refractivity (Wildman–Crippen MR) is 63.9 cm³/mol. The third kappa shape index (κ3) is 3.22. The smallest absolute Gasteiger partial charge is 0.337 e. The lowest BCUT2D eigenvalue weighted by atomic mass is 10.1. The maximum atomic E-state index is 10.8. The molecule has 0 bridgehead atoms. The van der Waals surface area contributed by atoms with Gasteiger partial charge in [0.05, 0.1) is 11.3 Å². The van der Waals surface area contributed by atoms with E-state index in [4.69, 9.17) is 5.11 Å². The highest BCUT2D eigenvalue weighted by molar-refractivity contribution is 5.89. The number of carboxylic acids is 1. The summed E-state index contributed by atoms with van der Waals surface area (Å²) in [6.07, 6.45) is 1.11. The summed E-state index contributed by atoms with van der Waals surface area (Å²) < 4.78 is 0. The van der Waals surface area contributed by atoms with Crippen molar-refractivity contribution in [1.29, 1.82) is 0 Å². The van der Waals surface area contributed by atoms with Crippen molar-refractivity contribution >= 4 is 11.8 Å². The molecule has 1 aromatic heterocycles. The maximum absolute atomic E-state index is 10.8. The number of rotatable bonds is 5. The molecule has 0 fully saturated rings. The minimum Gasteiger partial charge on any atom is -0.478 e. The summed E-state index contributed by atoms with van der Waals surface area (Å²) in [5.41, 5.74) is 0.802. The van der Waals surface area contributed by atoms with Crippen LogP contribution in [0, 0.1) is 12.8 Å². The number of anilines is 1. The highest BCUT2D eigenvalue weighted by Crippen LogP contribution is 2.11. The largest absolute Gasteiger partial charge is 0.478 e. The van der Waals surface area contributed by atoms with Crippen molar-refractivity contribution in [2.45, 2.75) is 27.2 Å². The number of carboxylic acid groups (broad SMARTS) is 1. The summed E-state index contributed by atoms with van der Waals surface area (Å²) >= 11 is 0. The second-order valence-electron chi connectivity index (χ2n) is 4.03. The van der Waals surface area contributed by atoms with Crippen LogP contribution in [0.1, 0.15) is 36.3 Å². The lowest BCUT2D eigenvalue weighted by molar-refractivity contribution is 0.0695. The van der Waals surface area contributed by atoms with E-state index in [-0.39, 0.29) is 5.56 Å². The fourth-order valence-electron chi connectivity index (χ4n) is 1.31. The molecular formula is C12H18N2O2. The van der Waals surface area contributed by atoms with Crippen molar-refractivity contribution < 1.29 is 9.90 Å². The van der Waals surface area contributed by atoms with Crippen LogP contribution in [0.15, 0.2) is 12.1 Å². The van der Waals surface area contributed by atoms with Gasteiger partial charge in [-0.3, -0.25) is 0 Å². The summed E-state index contributed by atoms with van der Waals surface area (Å²) in [6, 6.07) is 3.29. The molecule has 0 aliphatic carbocycles. The van der Waals surface area contributed by atoms with Crippen molar-refractivity contribution in [3.05, 3.63) is 23.4 Å². The zero-order chi connectivity index (χ0) is 12.1. The second-order valence-corrected chi connectivity index (χ2v) is 4.03. The van der Waals surface area contributed by atoms with E-state index in [9.17, 15) is 4.79 Å². The Labute approximate surface area is 95.7 Å². The molecule has 1 rings (SSSR count). The lowest BCUT2D eigenvalue weighted by Crippen LogP contribution is -2.12. The Bertz CT molecular complexity index is 377. The lowest BCUT2D eigenvalue weighted by Gasteiger charge is -2.11. The third-order valence-corrected chi connectivity index (χ3v) is 2.64. The van der Waals surface area contributed by atoms with E-state index in [1.165, 1.54) is 0 Å². The average Bonchev–Trinajstić information content (AvgIpc) is 2.25. The van der Waals surface area contributed by atoms with E-state index in [1.807, 2.05) is 0 Å². The van der Waals surface area contributed by atoms with Gasteiger partial charge in [-0.2, -0.15) is 0 Å². The van der Waals surface area contributed by atoms with Gasteiger partial charge in [-0.25, -0.2) is 9.78 Å². The van der Waals surface area contributed by atoms with Crippen molar-refractivity contribution in [3.63, 3.8) is 0 Å². The number of pyridine rings is 1. The zero-order valence-electron chi connectivity index (χ0n) is 9.95. The fourth-order valence-corrected chi connectivity index (χ4v) is 1.31. The number of aryl methyl sites for hydroxylation is 1. The molecule has 1 atom stereocenters. The van der Waals surface area contributed by atoms with Gasteiger partial charge >= 0.3 is 5.97 Å². The monoisotopic (exact) mass is 222 g/mol. The van der Waals surface area contributed by atoms with E-state index in [0.29, 0.717) is 11.6 Å². The first kappa shape index (κ1) is 12.5. The number of hydrogen-bond acceptors (Lipinski definition) is 3. The molecule has 0 spiro atoms.